The molecule has 14 nitrogen and oxygen atoms in total. The number of methoxy groups -OCH3 is 1. The average Bonchev–Trinajstić information content (AvgIpc) is 3.96. The normalized spacial score (nSPS) is 18.3. The van der Waals surface area contributed by atoms with Crippen LogP contribution in [0.25, 0.3) is 33.6 Å². The van der Waals surface area contributed by atoms with E-state index in [4.69, 9.17) is 0 Å². The molecule has 0 unspecified atom stereocenters. The molecule has 2 fully saturated rings. The minimum absolute atomic E-state index is 0.209. The molecule has 2 aromatic heterocycles. The molecule has 4 aromatic rings. The molecule has 4 amide bonds. The van der Waals surface area contributed by atoms with E-state index in [0.29, 0.717) is 54.4 Å². The van der Waals surface area contributed by atoms with Crippen LogP contribution in [0.5, 0.6) is 0 Å². The number of H-pyrrole nitrogens is 2. The van der Waals surface area contributed by atoms with Crippen LogP contribution in [-0.4, -0.2) is 91.1 Å². The fourth-order valence-electron chi connectivity index (χ4n) is 7.05. The second-order valence-electron chi connectivity index (χ2n) is 13.5. The van der Waals surface area contributed by atoms with Gasteiger partial charge in [0.25, 0.3) is 0 Å². The number of amides is 4. The van der Waals surface area contributed by atoms with Crippen LogP contribution in [0.3, 0.4) is 0 Å². The van der Waals surface area contributed by atoms with Gasteiger partial charge in [-0.3, -0.25) is 9.59 Å². The molecule has 0 spiro atoms. The number of nitrogens with zero attached hydrogens (tertiary/aromatic N) is 4. The van der Waals surface area contributed by atoms with Crippen LogP contribution in [0.4, 0.5) is 14.0 Å². The van der Waals surface area contributed by atoms with Gasteiger partial charge in [-0.15, -0.1) is 0 Å². The minimum atomic E-state index is -1.23. The lowest BCUT2D eigenvalue weighted by Gasteiger charge is -2.29. The smallest absolute Gasteiger partial charge is 0.407 e. The fraction of sp³-hybridized carbons (Fsp3) is 0.405. The number of aromatic amines is 2. The summed E-state index contributed by atoms with van der Waals surface area (Å²) in [7, 11) is 1.24. The molecule has 0 saturated carbocycles. The van der Waals surface area contributed by atoms with Crippen molar-refractivity contribution in [1.82, 2.24) is 40.4 Å². The van der Waals surface area contributed by atoms with E-state index >= 15 is 4.39 Å². The van der Waals surface area contributed by atoms with Gasteiger partial charge in [-0.1, -0.05) is 44.2 Å². The average molecular weight is 715 g/mol. The van der Waals surface area contributed by atoms with Gasteiger partial charge in [0.15, 0.2) is 0 Å². The van der Waals surface area contributed by atoms with Crippen LogP contribution < -0.4 is 10.6 Å². The summed E-state index contributed by atoms with van der Waals surface area (Å²) in [5, 5.41) is 14.1. The third kappa shape index (κ3) is 7.48. The first-order valence-electron chi connectivity index (χ1n) is 17.4. The lowest BCUT2D eigenvalue weighted by molar-refractivity contribution is -0.135. The maximum atomic E-state index is 15.6. The van der Waals surface area contributed by atoms with E-state index in [1.807, 2.05) is 44.2 Å². The number of carboxylic acid groups (broad SMARTS) is 1. The van der Waals surface area contributed by atoms with Crippen LogP contribution in [0.15, 0.2) is 54.9 Å². The molecule has 2 aliphatic heterocycles. The number of alkyl carbamates (subject to hydrolysis) is 1. The molecule has 0 aliphatic carbocycles. The van der Waals surface area contributed by atoms with Crippen molar-refractivity contribution in [3.05, 3.63) is 72.3 Å². The number of hydrogen-bond donors (Lipinski definition) is 5. The number of imidazole rings is 2. The monoisotopic (exact) mass is 714 g/mol. The van der Waals surface area contributed by atoms with Gasteiger partial charge in [-0.05, 0) is 67.3 Å². The summed E-state index contributed by atoms with van der Waals surface area (Å²) in [4.78, 5) is 68.3. The van der Waals surface area contributed by atoms with Crippen molar-refractivity contribution in [2.75, 3.05) is 20.2 Å². The fourth-order valence-corrected chi connectivity index (χ4v) is 7.05. The first-order chi connectivity index (χ1) is 24.9. The molecule has 5 N–H and O–H groups in total. The molecule has 0 bridgehead atoms. The molecule has 2 saturated heterocycles. The van der Waals surface area contributed by atoms with Crippen molar-refractivity contribution in [2.45, 2.75) is 70.6 Å². The molecule has 2 aromatic carbocycles. The Morgan fingerprint density at radius 1 is 0.827 bits per heavy atom. The molecule has 0 radical (unpaired) electrons. The van der Waals surface area contributed by atoms with E-state index < -0.39 is 30.1 Å². The first-order valence-corrected chi connectivity index (χ1v) is 17.4. The SMILES string of the molecule is COC(=O)N[C@@H](C)C(=O)N1CCC[C@H]1c1ncc(-c2ccc(-c3ccc(-c4cnc([C@@H]5CCCN5C(=O)[C@@H](NC(=O)O)C(C)C)[nH]4)cc3)cc2F)[nH]1. The Hall–Kier alpha value is -5.73. The van der Waals surface area contributed by atoms with Crippen LogP contribution in [0.1, 0.15) is 70.2 Å². The number of ether oxygens (including phenoxy) is 1. The maximum absolute atomic E-state index is 15.6. The van der Waals surface area contributed by atoms with Crippen molar-refractivity contribution in [2.24, 2.45) is 5.92 Å². The molecule has 4 heterocycles. The lowest BCUT2D eigenvalue weighted by atomic mass is 10.0. The molecule has 274 valence electrons. The molecule has 52 heavy (non-hydrogen) atoms. The van der Waals surface area contributed by atoms with E-state index in [1.165, 1.54) is 13.2 Å². The highest BCUT2D eigenvalue weighted by Crippen LogP contribution is 2.35. The third-order valence-corrected chi connectivity index (χ3v) is 9.78. The highest BCUT2D eigenvalue weighted by molar-refractivity contribution is 5.86. The summed E-state index contributed by atoms with van der Waals surface area (Å²) in [5.41, 5.74) is 3.96. The van der Waals surface area contributed by atoms with Gasteiger partial charge in [-0.25, -0.2) is 23.9 Å². The van der Waals surface area contributed by atoms with Crippen molar-refractivity contribution in [1.29, 1.82) is 0 Å². The van der Waals surface area contributed by atoms with Crippen LogP contribution in [-0.2, 0) is 14.3 Å². The summed E-state index contributed by atoms with van der Waals surface area (Å²) < 4.78 is 20.2. The van der Waals surface area contributed by atoms with Gasteiger partial charge in [0.2, 0.25) is 11.8 Å². The highest BCUT2D eigenvalue weighted by atomic mass is 19.1. The summed E-state index contributed by atoms with van der Waals surface area (Å²) in [5.74, 6) is 0.0361. The first kappa shape index (κ1) is 36.1. The van der Waals surface area contributed by atoms with Crippen LogP contribution in [0, 0.1) is 11.7 Å². The number of nitrogens with one attached hydrogen (secondary N) is 4. The summed E-state index contributed by atoms with van der Waals surface area (Å²) in [6, 6.07) is 10.4. The second kappa shape index (κ2) is 15.3. The van der Waals surface area contributed by atoms with Crippen molar-refractivity contribution in [3.63, 3.8) is 0 Å². The predicted octanol–water partition coefficient (Wildman–Crippen LogP) is 5.64. The second-order valence-corrected chi connectivity index (χ2v) is 13.5. The largest absolute Gasteiger partial charge is 0.465 e. The number of benzene rings is 2. The van der Waals surface area contributed by atoms with E-state index in [2.05, 4.69) is 35.3 Å². The van der Waals surface area contributed by atoms with Crippen molar-refractivity contribution >= 4 is 24.0 Å². The zero-order valence-corrected chi connectivity index (χ0v) is 29.5. The number of rotatable bonds is 10. The molecule has 2 aliphatic rings. The van der Waals surface area contributed by atoms with Gasteiger partial charge >= 0.3 is 12.2 Å². The lowest BCUT2D eigenvalue weighted by Crippen LogP contribution is -2.50. The van der Waals surface area contributed by atoms with Crippen molar-refractivity contribution < 1.29 is 33.4 Å². The molecule has 4 atom stereocenters. The number of carbonyl (C=O) groups excluding carboxylic acids is 3. The quantitative estimate of drug-likeness (QED) is 0.140. The van der Waals surface area contributed by atoms with E-state index in [0.717, 1.165) is 29.7 Å². The Morgan fingerprint density at radius 2 is 1.38 bits per heavy atom. The Morgan fingerprint density at radius 3 is 1.96 bits per heavy atom. The van der Waals surface area contributed by atoms with Gasteiger partial charge in [-0.2, -0.15) is 0 Å². The molecular formula is C37H43FN8O6. The molecular weight excluding hydrogens is 671 g/mol. The third-order valence-electron chi connectivity index (χ3n) is 9.78. The van der Waals surface area contributed by atoms with Gasteiger partial charge < -0.3 is 40.2 Å². The van der Waals surface area contributed by atoms with E-state index in [9.17, 15) is 24.3 Å². The number of halogens is 1. The van der Waals surface area contributed by atoms with Crippen LogP contribution in [0.2, 0.25) is 0 Å². The minimum Gasteiger partial charge on any atom is -0.465 e. The number of hydrogen-bond acceptors (Lipinski definition) is 7. The number of likely N-dealkylation sites (tertiary alicyclic amines) is 2. The van der Waals surface area contributed by atoms with Crippen molar-refractivity contribution in [3.8, 4) is 33.6 Å². The van der Waals surface area contributed by atoms with E-state index in [1.54, 1.807) is 35.2 Å². The van der Waals surface area contributed by atoms with Crippen LogP contribution >= 0.6 is 0 Å². The topological polar surface area (TPSA) is 186 Å². The zero-order chi connectivity index (χ0) is 37.1. The summed E-state index contributed by atoms with van der Waals surface area (Å²) >= 11 is 0. The Balaban J connectivity index is 1.13. The Kier molecular flexibility index (Phi) is 10.6. The van der Waals surface area contributed by atoms with Gasteiger partial charge in [0, 0.05) is 18.7 Å². The van der Waals surface area contributed by atoms with E-state index in [-0.39, 0.29) is 29.8 Å². The zero-order valence-electron chi connectivity index (χ0n) is 29.5. The number of aromatic nitrogens is 4. The number of carbonyl (C=O) groups is 4. The van der Waals surface area contributed by atoms with Gasteiger partial charge in [0.1, 0.15) is 29.5 Å². The maximum Gasteiger partial charge on any atom is 0.407 e. The standard InChI is InChI=1S/C37H43FN8O6/c1-20(2)31(44-36(49)50)35(48)46-16-6-8-30(46)32-39-18-27(42-32)23-11-9-22(10-12-23)24-13-14-25(26(38)17-24)28-19-40-33(43-28)29-7-5-15-45(29)34(47)21(3)41-37(51)52-4/h9-14,17-21,29-31,44H,5-8,15-16H2,1-4H3,(H,39,42)(H,40,43)(H,41,51)(H,49,50)/t21-,29-,30-,31-/m0/s1. The molecule has 6 rings (SSSR count). The predicted molar refractivity (Wildman–Crippen MR) is 189 cm³/mol. The van der Waals surface area contributed by atoms with Gasteiger partial charge in [0.05, 0.1) is 43.0 Å². The summed E-state index contributed by atoms with van der Waals surface area (Å²) in [6.45, 7) is 6.26. The Labute approximate surface area is 300 Å². The Bertz CT molecular complexity index is 1940. The summed E-state index contributed by atoms with van der Waals surface area (Å²) in [6.07, 6.45) is 4.32. The molecule has 15 heteroatoms. The highest BCUT2D eigenvalue weighted by Gasteiger charge is 2.38.